The largest absolute Gasteiger partial charge is 0.466 e. The fraction of sp³-hybridized carbons (Fsp3) is 0.400. The summed E-state index contributed by atoms with van der Waals surface area (Å²) in [6.07, 6.45) is -1.00. The first kappa shape index (κ1) is 24.3. The minimum atomic E-state index is -0.994. The first-order valence-corrected chi connectivity index (χ1v) is 11.2. The number of nitrogens with zero attached hydrogens (tertiary/aromatic N) is 3. The van der Waals surface area contributed by atoms with Crippen molar-refractivity contribution in [3.8, 4) is 0 Å². The van der Waals surface area contributed by atoms with Gasteiger partial charge >= 0.3 is 12.1 Å². The van der Waals surface area contributed by atoms with Crippen LogP contribution in [0.15, 0.2) is 60.7 Å². The molecule has 1 fully saturated rings. The van der Waals surface area contributed by atoms with E-state index in [0.717, 1.165) is 5.56 Å². The zero-order valence-corrected chi connectivity index (χ0v) is 18.9. The minimum absolute atomic E-state index is 0.00124. The van der Waals surface area contributed by atoms with E-state index in [0.29, 0.717) is 31.9 Å². The number of carbonyl (C=O) groups excluding carboxylic acids is 2. The van der Waals surface area contributed by atoms with Crippen molar-refractivity contribution in [2.24, 2.45) is 0 Å². The molecule has 2 aromatic rings. The molecule has 1 N–H and O–H groups in total. The number of ether oxygens (including phenoxy) is 1. The first-order chi connectivity index (χ1) is 16.0. The molecular weight excluding hydrogens is 422 g/mol. The number of carbonyl (C=O) groups is 3. The minimum Gasteiger partial charge on any atom is -0.466 e. The number of esters is 1. The van der Waals surface area contributed by atoms with E-state index in [-0.39, 0.29) is 31.9 Å². The highest BCUT2D eigenvalue weighted by Gasteiger charge is 2.33. The molecule has 176 valence electrons. The Morgan fingerprint density at radius 2 is 1.67 bits per heavy atom. The summed E-state index contributed by atoms with van der Waals surface area (Å²) < 4.78 is 4.94. The fourth-order valence-electron chi connectivity index (χ4n) is 4.06. The van der Waals surface area contributed by atoms with E-state index in [9.17, 15) is 19.5 Å². The molecule has 2 amide bonds. The summed E-state index contributed by atoms with van der Waals surface area (Å²) in [7, 11) is 0. The number of amides is 2. The number of rotatable bonds is 9. The summed E-state index contributed by atoms with van der Waals surface area (Å²) in [5.74, 6) is -0.655. The van der Waals surface area contributed by atoms with Crippen LogP contribution in [0.5, 0.6) is 0 Å². The van der Waals surface area contributed by atoms with E-state index >= 15 is 0 Å². The van der Waals surface area contributed by atoms with E-state index in [4.69, 9.17) is 4.74 Å². The second-order valence-electron chi connectivity index (χ2n) is 8.00. The number of para-hydroxylation sites is 1. The molecule has 1 heterocycles. The van der Waals surface area contributed by atoms with Gasteiger partial charge in [0.15, 0.2) is 0 Å². The zero-order chi connectivity index (χ0) is 23.6. The van der Waals surface area contributed by atoms with Crippen LogP contribution in [0.1, 0.15) is 25.3 Å². The number of benzene rings is 2. The Morgan fingerprint density at radius 1 is 1.00 bits per heavy atom. The molecule has 8 heteroatoms. The van der Waals surface area contributed by atoms with E-state index in [2.05, 4.69) is 4.90 Å². The molecular formula is C25H31N3O5. The predicted molar refractivity (Wildman–Crippen MR) is 125 cm³/mol. The van der Waals surface area contributed by atoms with Crippen molar-refractivity contribution >= 4 is 23.7 Å². The Kier molecular flexibility index (Phi) is 8.83. The van der Waals surface area contributed by atoms with Gasteiger partial charge in [0.2, 0.25) is 5.91 Å². The Hall–Kier alpha value is -3.39. The summed E-state index contributed by atoms with van der Waals surface area (Å²) in [5, 5.41) is 9.78. The lowest BCUT2D eigenvalue weighted by molar-refractivity contribution is -0.144. The molecule has 0 aromatic heterocycles. The van der Waals surface area contributed by atoms with Crippen molar-refractivity contribution in [2.45, 2.75) is 32.4 Å². The molecule has 33 heavy (non-hydrogen) atoms. The lowest BCUT2D eigenvalue weighted by Crippen LogP contribution is -2.58. The summed E-state index contributed by atoms with van der Waals surface area (Å²) in [4.78, 5) is 42.0. The van der Waals surface area contributed by atoms with Crippen LogP contribution >= 0.6 is 0 Å². The Labute approximate surface area is 194 Å². The maximum absolute atomic E-state index is 13.1. The fourth-order valence-corrected chi connectivity index (χ4v) is 4.06. The highest BCUT2D eigenvalue weighted by Crippen LogP contribution is 2.20. The lowest BCUT2D eigenvalue weighted by atomic mass is 10.1. The predicted octanol–water partition coefficient (Wildman–Crippen LogP) is 3.23. The van der Waals surface area contributed by atoms with Gasteiger partial charge < -0.3 is 19.6 Å². The molecule has 0 aliphatic carbocycles. The van der Waals surface area contributed by atoms with Gasteiger partial charge in [-0.2, -0.15) is 0 Å². The van der Waals surface area contributed by atoms with Gasteiger partial charge in [0.05, 0.1) is 19.1 Å². The van der Waals surface area contributed by atoms with Crippen LogP contribution in [0.2, 0.25) is 0 Å². The van der Waals surface area contributed by atoms with E-state index in [1.807, 2.05) is 60.7 Å². The third-order valence-electron chi connectivity index (χ3n) is 5.67. The molecule has 8 nitrogen and oxygen atoms in total. The SMILES string of the molecule is CCOC(=O)CCC(=O)N(C[C@@H]1CN(Cc2ccccc2)CCN1C(=O)O)c1ccccc1. The second-order valence-corrected chi connectivity index (χ2v) is 8.00. The zero-order valence-electron chi connectivity index (χ0n) is 18.9. The first-order valence-electron chi connectivity index (χ1n) is 11.2. The van der Waals surface area contributed by atoms with E-state index in [1.54, 1.807) is 11.8 Å². The maximum atomic E-state index is 13.1. The molecule has 2 aromatic carbocycles. The van der Waals surface area contributed by atoms with Gasteiger partial charge in [-0.3, -0.25) is 14.5 Å². The quantitative estimate of drug-likeness (QED) is 0.587. The summed E-state index contributed by atoms with van der Waals surface area (Å²) in [6.45, 7) is 4.42. The van der Waals surface area contributed by atoms with Gasteiger partial charge in [-0.1, -0.05) is 48.5 Å². The number of anilines is 1. The normalized spacial score (nSPS) is 16.3. The summed E-state index contributed by atoms with van der Waals surface area (Å²) in [6, 6.07) is 18.8. The van der Waals surface area contributed by atoms with Crippen LogP contribution in [0, 0.1) is 0 Å². The highest BCUT2D eigenvalue weighted by atomic mass is 16.5. The van der Waals surface area contributed by atoms with Crippen molar-refractivity contribution < 1.29 is 24.2 Å². The topological polar surface area (TPSA) is 90.4 Å². The average molecular weight is 454 g/mol. The highest BCUT2D eigenvalue weighted by molar-refractivity contribution is 5.95. The summed E-state index contributed by atoms with van der Waals surface area (Å²) >= 11 is 0. The third kappa shape index (κ3) is 7.05. The Morgan fingerprint density at radius 3 is 2.30 bits per heavy atom. The van der Waals surface area contributed by atoms with Crippen LogP contribution in [-0.4, -0.2) is 71.7 Å². The lowest BCUT2D eigenvalue weighted by Gasteiger charge is -2.42. The number of piperazine rings is 1. The Balaban J connectivity index is 1.76. The van der Waals surface area contributed by atoms with Gasteiger partial charge in [-0.05, 0) is 24.6 Å². The monoisotopic (exact) mass is 453 g/mol. The maximum Gasteiger partial charge on any atom is 0.407 e. The number of carboxylic acid groups (broad SMARTS) is 1. The molecule has 0 radical (unpaired) electrons. The molecule has 3 rings (SSSR count). The Bertz CT molecular complexity index is 922. The third-order valence-corrected chi connectivity index (χ3v) is 5.67. The molecule has 1 atom stereocenters. The molecule has 0 saturated carbocycles. The number of hydrogen-bond acceptors (Lipinski definition) is 5. The standard InChI is InChI=1S/C25H31N3O5/c1-2-33-24(30)14-13-23(29)28(21-11-7-4-8-12-21)19-22-18-26(15-16-27(22)25(31)32)17-20-9-5-3-6-10-20/h3-12,22H,2,13-19H2,1H3,(H,31,32)/t22-/m0/s1. The van der Waals surface area contributed by atoms with Crippen LogP contribution in [0.25, 0.3) is 0 Å². The van der Waals surface area contributed by atoms with Crippen molar-refractivity contribution in [2.75, 3.05) is 37.7 Å². The van der Waals surface area contributed by atoms with Gasteiger partial charge in [0.25, 0.3) is 0 Å². The van der Waals surface area contributed by atoms with Crippen LogP contribution in [0.3, 0.4) is 0 Å². The van der Waals surface area contributed by atoms with Gasteiger partial charge in [0.1, 0.15) is 0 Å². The molecule has 0 unspecified atom stereocenters. The van der Waals surface area contributed by atoms with Crippen molar-refractivity contribution in [1.29, 1.82) is 0 Å². The van der Waals surface area contributed by atoms with Gasteiger partial charge in [-0.25, -0.2) is 4.79 Å². The van der Waals surface area contributed by atoms with Crippen LogP contribution in [0.4, 0.5) is 10.5 Å². The van der Waals surface area contributed by atoms with Gasteiger partial charge in [-0.15, -0.1) is 0 Å². The van der Waals surface area contributed by atoms with E-state index < -0.39 is 18.1 Å². The molecule has 0 spiro atoms. The molecule has 1 saturated heterocycles. The number of hydrogen-bond donors (Lipinski definition) is 1. The average Bonchev–Trinajstić information content (AvgIpc) is 2.82. The second kappa shape index (κ2) is 12.0. The van der Waals surface area contributed by atoms with Crippen molar-refractivity contribution in [3.63, 3.8) is 0 Å². The van der Waals surface area contributed by atoms with Crippen molar-refractivity contribution in [1.82, 2.24) is 9.80 Å². The van der Waals surface area contributed by atoms with Gasteiger partial charge in [0, 0.05) is 44.8 Å². The van der Waals surface area contributed by atoms with E-state index in [1.165, 1.54) is 4.90 Å². The smallest absolute Gasteiger partial charge is 0.407 e. The molecule has 1 aliphatic heterocycles. The summed E-state index contributed by atoms with van der Waals surface area (Å²) in [5.41, 5.74) is 1.84. The van der Waals surface area contributed by atoms with Crippen LogP contribution < -0.4 is 4.90 Å². The molecule has 1 aliphatic rings. The van der Waals surface area contributed by atoms with Crippen molar-refractivity contribution in [3.05, 3.63) is 66.2 Å². The van der Waals surface area contributed by atoms with Crippen LogP contribution in [-0.2, 0) is 20.9 Å². The molecule has 0 bridgehead atoms.